The number of amides is 3. The molecule has 9 heteroatoms. The van der Waals surface area contributed by atoms with Crippen molar-refractivity contribution in [2.45, 2.75) is 70.2 Å². The fourth-order valence-corrected chi connectivity index (χ4v) is 5.65. The average Bonchev–Trinajstić information content (AvgIpc) is 3.19. The van der Waals surface area contributed by atoms with Crippen molar-refractivity contribution in [3.8, 4) is 0 Å². The van der Waals surface area contributed by atoms with Crippen molar-refractivity contribution in [1.82, 2.24) is 20.4 Å². The van der Waals surface area contributed by atoms with Gasteiger partial charge in [0, 0.05) is 45.2 Å². The van der Waals surface area contributed by atoms with Crippen LogP contribution in [0.3, 0.4) is 0 Å². The van der Waals surface area contributed by atoms with E-state index in [4.69, 9.17) is 9.47 Å². The first-order chi connectivity index (χ1) is 22.1. The van der Waals surface area contributed by atoms with Crippen LogP contribution >= 0.6 is 0 Å². The number of nitrogens with zero attached hydrogens (tertiary/aromatic N) is 2. The molecule has 9 nitrogen and oxygen atoms in total. The molecule has 0 radical (unpaired) electrons. The SMILES string of the molecule is CN(CC1CCN(CC(c2ccccc2)c2ccccc2)C(=O)[C@H](CCCNC(=O)OC(C)(C)C)N1)C(=O)OCc1ccccc1. The maximum atomic E-state index is 14.1. The van der Waals surface area contributed by atoms with E-state index < -0.39 is 23.8 Å². The van der Waals surface area contributed by atoms with Crippen LogP contribution in [-0.4, -0.2) is 78.8 Å². The Kier molecular flexibility index (Phi) is 12.6. The normalized spacial score (nSPS) is 16.9. The van der Waals surface area contributed by atoms with Gasteiger partial charge in [0.2, 0.25) is 5.91 Å². The molecule has 4 rings (SSSR count). The molecule has 3 aromatic rings. The predicted octanol–water partition coefficient (Wildman–Crippen LogP) is 5.95. The van der Waals surface area contributed by atoms with Crippen LogP contribution in [0.1, 0.15) is 62.6 Å². The Morgan fingerprint density at radius 2 is 1.54 bits per heavy atom. The molecule has 0 bridgehead atoms. The summed E-state index contributed by atoms with van der Waals surface area (Å²) >= 11 is 0. The van der Waals surface area contributed by atoms with Crippen molar-refractivity contribution in [3.63, 3.8) is 0 Å². The van der Waals surface area contributed by atoms with Crippen molar-refractivity contribution in [2.24, 2.45) is 0 Å². The molecule has 2 N–H and O–H groups in total. The van der Waals surface area contributed by atoms with E-state index in [0.717, 1.165) is 16.7 Å². The minimum atomic E-state index is -0.584. The number of hydrogen-bond donors (Lipinski definition) is 2. The van der Waals surface area contributed by atoms with Gasteiger partial charge in [-0.1, -0.05) is 91.0 Å². The number of nitrogens with one attached hydrogen (secondary N) is 2. The van der Waals surface area contributed by atoms with E-state index >= 15 is 0 Å². The third-order valence-corrected chi connectivity index (χ3v) is 7.95. The van der Waals surface area contributed by atoms with Crippen LogP contribution in [0.25, 0.3) is 0 Å². The lowest BCUT2D eigenvalue weighted by atomic mass is 9.90. The fraction of sp³-hybridized carbons (Fsp3) is 0.432. The quantitative estimate of drug-likeness (QED) is 0.241. The molecule has 1 aliphatic heterocycles. The summed E-state index contributed by atoms with van der Waals surface area (Å²) in [6, 6.07) is 29.5. The first kappa shape index (κ1) is 34.5. The molecule has 1 saturated heterocycles. The summed E-state index contributed by atoms with van der Waals surface area (Å²) in [5.41, 5.74) is 2.63. The standard InChI is InChI=1S/C37H48N4O5/c1-37(2,3)46-35(43)38-23-14-21-33-34(42)41(26-32(29-17-10-6-11-18-29)30-19-12-7-13-20-30)24-22-31(39-33)25-40(4)36(44)45-27-28-15-8-5-9-16-28/h5-13,15-20,31-33,39H,14,21-27H2,1-4H3,(H,38,43)/t31?,33-/m0/s1. The van der Waals surface area contributed by atoms with Crippen LogP contribution in [0, 0.1) is 0 Å². The number of ether oxygens (including phenoxy) is 2. The molecule has 46 heavy (non-hydrogen) atoms. The van der Waals surface area contributed by atoms with Gasteiger partial charge in [0.15, 0.2) is 0 Å². The van der Waals surface area contributed by atoms with E-state index in [1.807, 2.05) is 92.4 Å². The summed E-state index contributed by atoms with van der Waals surface area (Å²) in [6.45, 7) is 7.51. The molecule has 1 aliphatic rings. The highest BCUT2D eigenvalue weighted by atomic mass is 16.6. The third-order valence-electron chi connectivity index (χ3n) is 7.95. The van der Waals surface area contributed by atoms with Crippen LogP contribution in [0.4, 0.5) is 9.59 Å². The molecule has 3 amide bonds. The second-order valence-electron chi connectivity index (χ2n) is 12.9. The Bertz CT molecular complexity index is 1340. The molecule has 0 spiro atoms. The zero-order valence-electron chi connectivity index (χ0n) is 27.5. The van der Waals surface area contributed by atoms with Crippen LogP contribution in [0.15, 0.2) is 91.0 Å². The highest BCUT2D eigenvalue weighted by Gasteiger charge is 2.33. The monoisotopic (exact) mass is 628 g/mol. The minimum absolute atomic E-state index is 0.00743. The van der Waals surface area contributed by atoms with Crippen molar-refractivity contribution in [2.75, 3.05) is 33.2 Å². The molecule has 3 aromatic carbocycles. The van der Waals surface area contributed by atoms with E-state index in [9.17, 15) is 14.4 Å². The molecular formula is C37H48N4O5. The third kappa shape index (κ3) is 10.9. The van der Waals surface area contributed by atoms with Crippen molar-refractivity contribution >= 4 is 18.1 Å². The zero-order chi connectivity index (χ0) is 32.9. The number of alkyl carbamates (subject to hydrolysis) is 1. The zero-order valence-corrected chi connectivity index (χ0v) is 27.5. The first-order valence-corrected chi connectivity index (χ1v) is 16.1. The van der Waals surface area contributed by atoms with E-state index in [1.54, 1.807) is 11.9 Å². The minimum Gasteiger partial charge on any atom is -0.445 e. The summed E-state index contributed by atoms with van der Waals surface area (Å²) in [7, 11) is 1.72. The van der Waals surface area contributed by atoms with Gasteiger partial charge in [-0.05, 0) is 56.7 Å². The maximum Gasteiger partial charge on any atom is 0.409 e. The topological polar surface area (TPSA) is 100 Å². The second kappa shape index (κ2) is 16.8. The summed E-state index contributed by atoms with van der Waals surface area (Å²) in [5, 5.41) is 6.35. The van der Waals surface area contributed by atoms with Gasteiger partial charge in [0.1, 0.15) is 12.2 Å². The summed E-state index contributed by atoms with van der Waals surface area (Å²) in [4.78, 5) is 42.7. The van der Waals surface area contributed by atoms with Gasteiger partial charge in [-0.2, -0.15) is 0 Å². The van der Waals surface area contributed by atoms with Crippen LogP contribution in [-0.2, 0) is 20.9 Å². The average molecular weight is 629 g/mol. The van der Waals surface area contributed by atoms with E-state index in [-0.39, 0.29) is 24.5 Å². The number of hydrogen-bond acceptors (Lipinski definition) is 6. The highest BCUT2D eigenvalue weighted by Crippen LogP contribution is 2.27. The number of rotatable bonds is 12. The number of likely N-dealkylation sites (N-methyl/N-ethyl adjacent to an activating group) is 1. The molecule has 0 aromatic heterocycles. The van der Waals surface area contributed by atoms with Gasteiger partial charge in [-0.25, -0.2) is 9.59 Å². The molecule has 246 valence electrons. The van der Waals surface area contributed by atoms with Gasteiger partial charge in [-0.3, -0.25) is 4.79 Å². The van der Waals surface area contributed by atoms with E-state index in [0.29, 0.717) is 45.4 Å². The molecule has 1 fully saturated rings. The molecule has 0 saturated carbocycles. The molecular weight excluding hydrogens is 580 g/mol. The smallest absolute Gasteiger partial charge is 0.409 e. The van der Waals surface area contributed by atoms with Crippen molar-refractivity contribution < 1.29 is 23.9 Å². The van der Waals surface area contributed by atoms with Crippen molar-refractivity contribution in [3.05, 3.63) is 108 Å². The van der Waals surface area contributed by atoms with Gasteiger partial charge >= 0.3 is 12.2 Å². The number of carbonyl (C=O) groups is 3. The Morgan fingerprint density at radius 1 is 0.957 bits per heavy atom. The summed E-state index contributed by atoms with van der Waals surface area (Å²) in [6.07, 6.45) is 0.885. The van der Waals surface area contributed by atoms with E-state index in [1.165, 1.54) is 0 Å². The fourth-order valence-electron chi connectivity index (χ4n) is 5.65. The molecule has 1 heterocycles. The Hall–Kier alpha value is -4.37. The summed E-state index contributed by atoms with van der Waals surface area (Å²) < 4.78 is 10.9. The van der Waals surface area contributed by atoms with Gasteiger partial charge in [0.25, 0.3) is 0 Å². The lowest BCUT2D eigenvalue weighted by Crippen LogP contribution is -2.49. The van der Waals surface area contributed by atoms with Gasteiger partial charge in [0.05, 0.1) is 6.04 Å². The lowest BCUT2D eigenvalue weighted by Gasteiger charge is -2.29. The van der Waals surface area contributed by atoms with Crippen LogP contribution in [0.2, 0.25) is 0 Å². The van der Waals surface area contributed by atoms with Crippen LogP contribution in [0.5, 0.6) is 0 Å². The lowest BCUT2D eigenvalue weighted by molar-refractivity contribution is -0.133. The Labute approximate surface area is 273 Å². The Morgan fingerprint density at radius 3 is 2.13 bits per heavy atom. The second-order valence-corrected chi connectivity index (χ2v) is 12.9. The molecule has 1 unspecified atom stereocenters. The predicted molar refractivity (Wildman–Crippen MR) is 179 cm³/mol. The van der Waals surface area contributed by atoms with E-state index in [2.05, 4.69) is 34.9 Å². The molecule has 2 atom stereocenters. The Balaban J connectivity index is 1.45. The van der Waals surface area contributed by atoms with Gasteiger partial charge < -0.3 is 29.9 Å². The number of carbonyl (C=O) groups excluding carboxylic acids is 3. The largest absolute Gasteiger partial charge is 0.445 e. The summed E-state index contributed by atoms with van der Waals surface area (Å²) in [5.74, 6) is 0.0268. The first-order valence-electron chi connectivity index (χ1n) is 16.1. The maximum absolute atomic E-state index is 14.1. The number of benzene rings is 3. The molecule has 0 aliphatic carbocycles. The highest BCUT2D eigenvalue weighted by molar-refractivity contribution is 5.82. The van der Waals surface area contributed by atoms with Gasteiger partial charge in [-0.15, -0.1) is 0 Å². The van der Waals surface area contributed by atoms with Crippen LogP contribution < -0.4 is 10.6 Å². The van der Waals surface area contributed by atoms with Crippen molar-refractivity contribution in [1.29, 1.82) is 0 Å².